The Kier molecular flexibility index (Phi) is 49.5. The van der Waals surface area contributed by atoms with Crippen molar-refractivity contribution in [1.82, 2.24) is 0 Å². The molecule has 0 radical (unpaired) electrons. The molecule has 0 aromatic carbocycles. The van der Waals surface area contributed by atoms with E-state index in [1.165, 1.54) is 193 Å². The first-order chi connectivity index (χ1) is 33.8. The molecule has 0 saturated heterocycles. The predicted octanol–water partition coefficient (Wildman–Crippen LogP) is 14.1. The quantitative estimate of drug-likeness (QED) is 0.0217. The maximum absolute atomic E-state index is 12.2. The number of aliphatic hydroxyl groups is 3. The summed E-state index contributed by atoms with van der Waals surface area (Å²) in [6, 6.07) is 0. The van der Waals surface area contributed by atoms with Crippen LogP contribution >= 0.6 is 15.6 Å². The molecule has 5 unspecified atom stereocenters. The van der Waals surface area contributed by atoms with Gasteiger partial charge in [0.05, 0.1) is 26.4 Å². The molecule has 418 valence electrons. The summed E-state index contributed by atoms with van der Waals surface area (Å²) in [6.45, 7) is 0.511. The monoisotopic (exact) mass is 1040 g/mol. The molecular weight excluding hydrogens is 939 g/mol. The molecule has 5 atom stereocenters. The number of phosphoric ester groups is 2. The van der Waals surface area contributed by atoms with E-state index in [2.05, 4.69) is 22.9 Å². The van der Waals surface area contributed by atoms with E-state index in [9.17, 15) is 43.8 Å². The predicted molar refractivity (Wildman–Crippen MR) is 279 cm³/mol. The van der Waals surface area contributed by atoms with Crippen molar-refractivity contribution < 1.29 is 71.4 Å². The Labute approximate surface area is 426 Å². The van der Waals surface area contributed by atoms with Crippen molar-refractivity contribution in [3.8, 4) is 0 Å². The molecule has 5 N–H and O–H groups in total. The standard InChI is InChI=1S/C53H106O15P2/c1-3-5-7-9-11-13-15-17-19-21-22-23-24-26-28-30-32-34-36-38-40-42-53(58)64-44-50(55)46-66-70(61,62)68-48-51(56)47-67-69(59,60)65-45-49(54)43-63-52(57)41-39-37-35-33-31-29-27-25-20-18-16-14-12-10-8-6-4-2/h49-51,54-56H,3-48H2,1-2H3,(H,59,60)(H,61,62). The molecule has 0 aliphatic carbocycles. The van der Waals surface area contributed by atoms with Crippen molar-refractivity contribution in [3.63, 3.8) is 0 Å². The zero-order valence-electron chi connectivity index (χ0n) is 44.5. The number of phosphoric acid groups is 2. The van der Waals surface area contributed by atoms with Crippen LogP contribution in [0.1, 0.15) is 271 Å². The normalized spacial score (nSPS) is 14.8. The van der Waals surface area contributed by atoms with Gasteiger partial charge in [-0.25, -0.2) is 9.13 Å². The summed E-state index contributed by atoms with van der Waals surface area (Å²) >= 11 is 0. The van der Waals surface area contributed by atoms with Crippen molar-refractivity contribution in [2.75, 3.05) is 39.6 Å². The van der Waals surface area contributed by atoms with Gasteiger partial charge in [-0.05, 0) is 12.8 Å². The molecular formula is C53H106O15P2. The minimum atomic E-state index is -4.78. The Morgan fingerprint density at radius 2 is 0.486 bits per heavy atom. The van der Waals surface area contributed by atoms with Crippen molar-refractivity contribution in [3.05, 3.63) is 0 Å². The van der Waals surface area contributed by atoms with Crippen LogP contribution in [0.15, 0.2) is 0 Å². The summed E-state index contributed by atoms with van der Waals surface area (Å²) in [5.74, 6) is -0.978. The molecule has 0 saturated carbocycles. The number of rotatable bonds is 56. The molecule has 0 aliphatic heterocycles. The van der Waals surface area contributed by atoms with Gasteiger partial charge in [-0.2, -0.15) is 0 Å². The zero-order valence-corrected chi connectivity index (χ0v) is 46.3. The van der Waals surface area contributed by atoms with Crippen molar-refractivity contribution >= 4 is 27.6 Å². The van der Waals surface area contributed by atoms with Crippen LogP contribution in [0.4, 0.5) is 0 Å². The molecule has 17 heteroatoms. The number of unbranched alkanes of at least 4 members (excludes halogenated alkanes) is 36. The second-order valence-electron chi connectivity index (χ2n) is 19.7. The molecule has 0 rings (SSSR count). The van der Waals surface area contributed by atoms with Crippen LogP contribution in [0.2, 0.25) is 0 Å². The number of carbonyl (C=O) groups is 2. The van der Waals surface area contributed by atoms with E-state index in [1.54, 1.807) is 0 Å². The molecule has 0 spiro atoms. The topological polar surface area (TPSA) is 225 Å². The first-order valence-electron chi connectivity index (χ1n) is 28.4. The molecule has 0 amide bonds. The SMILES string of the molecule is CCCCCCCCCCCCCCCCCCCCCCCC(=O)OCC(O)COP(=O)(O)OCC(O)COP(=O)(O)OCC(O)COC(=O)CCCCCCCCCCCCCCCCCCC. The second-order valence-corrected chi connectivity index (χ2v) is 22.6. The lowest BCUT2D eigenvalue weighted by Gasteiger charge is -2.19. The molecule has 70 heavy (non-hydrogen) atoms. The summed E-state index contributed by atoms with van der Waals surface area (Å²) in [4.78, 5) is 43.9. The lowest BCUT2D eigenvalue weighted by molar-refractivity contribution is -0.148. The van der Waals surface area contributed by atoms with Gasteiger partial charge in [-0.3, -0.25) is 27.7 Å². The van der Waals surface area contributed by atoms with E-state index in [0.717, 1.165) is 38.5 Å². The maximum atomic E-state index is 12.2. The highest BCUT2D eigenvalue weighted by atomic mass is 31.2. The van der Waals surface area contributed by atoms with Crippen molar-refractivity contribution in [2.45, 2.75) is 289 Å². The van der Waals surface area contributed by atoms with Gasteiger partial charge in [0, 0.05) is 12.8 Å². The number of hydrogen-bond donors (Lipinski definition) is 5. The van der Waals surface area contributed by atoms with E-state index >= 15 is 0 Å². The highest BCUT2D eigenvalue weighted by molar-refractivity contribution is 7.47. The van der Waals surface area contributed by atoms with Gasteiger partial charge in [0.2, 0.25) is 0 Å². The van der Waals surface area contributed by atoms with E-state index in [1.807, 2.05) is 0 Å². The summed E-state index contributed by atoms with van der Waals surface area (Å²) in [5.41, 5.74) is 0. The van der Waals surface area contributed by atoms with Gasteiger partial charge >= 0.3 is 27.6 Å². The lowest BCUT2D eigenvalue weighted by Crippen LogP contribution is -2.25. The zero-order chi connectivity index (χ0) is 51.7. The number of esters is 2. The van der Waals surface area contributed by atoms with E-state index in [4.69, 9.17) is 18.5 Å². The molecule has 0 aliphatic rings. The smallest absolute Gasteiger partial charge is 0.463 e. The number of aliphatic hydroxyl groups excluding tert-OH is 3. The Hall–Kier alpha value is -0.960. The summed E-state index contributed by atoms with van der Waals surface area (Å²) in [5, 5.41) is 30.1. The highest BCUT2D eigenvalue weighted by Gasteiger charge is 2.28. The Balaban J connectivity index is 3.77. The van der Waals surface area contributed by atoms with Crippen molar-refractivity contribution in [2.24, 2.45) is 0 Å². The molecule has 0 aromatic heterocycles. The Morgan fingerprint density at radius 1 is 0.314 bits per heavy atom. The molecule has 0 heterocycles. The van der Waals surface area contributed by atoms with Crippen LogP contribution in [0.25, 0.3) is 0 Å². The van der Waals surface area contributed by atoms with Crippen LogP contribution in [0, 0.1) is 0 Å². The first-order valence-corrected chi connectivity index (χ1v) is 31.4. The maximum Gasteiger partial charge on any atom is 0.472 e. The van der Waals surface area contributed by atoms with Crippen LogP contribution in [-0.4, -0.2) is 95.0 Å². The summed E-state index contributed by atoms with van der Waals surface area (Å²) in [6.07, 6.45) is 43.7. The number of ether oxygens (including phenoxy) is 2. The third kappa shape index (κ3) is 51.9. The average Bonchev–Trinajstić information content (AvgIpc) is 3.34. The van der Waals surface area contributed by atoms with E-state index in [-0.39, 0.29) is 12.8 Å². The minimum Gasteiger partial charge on any atom is -0.463 e. The molecule has 0 bridgehead atoms. The van der Waals surface area contributed by atoms with E-state index < -0.39 is 85.5 Å². The Morgan fingerprint density at radius 3 is 0.686 bits per heavy atom. The number of carbonyl (C=O) groups excluding carboxylic acids is 2. The fraction of sp³-hybridized carbons (Fsp3) is 0.962. The van der Waals surface area contributed by atoms with Crippen LogP contribution in [0.3, 0.4) is 0 Å². The highest BCUT2D eigenvalue weighted by Crippen LogP contribution is 2.45. The van der Waals surface area contributed by atoms with Crippen molar-refractivity contribution in [1.29, 1.82) is 0 Å². The fourth-order valence-electron chi connectivity index (χ4n) is 8.16. The first kappa shape index (κ1) is 69.0. The largest absolute Gasteiger partial charge is 0.472 e. The van der Waals surface area contributed by atoms with Crippen LogP contribution in [0.5, 0.6) is 0 Å². The third-order valence-corrected chi connectivity index (χ3v) is 14.5. The second kappa shape index (κ2) is 50.2. The summed E-state index contributed by atoms with van der Waals surface area (Å²) < 4.78 is 53.2. The Bertz CT molecular complexity index is 1260. The molecule has 15 nitrogen and oxygen atoms in total. The van der Waals surface area contributed by atoms with Gasteiger partial charge < -0.3 is 34.6 Å². The van der Waals surface area contributed by atoms with Gasteiger partial charge in [0.1, 0.15) is 31.5 Å². The fourth-order valence-corrected chi connectivity index (χ4v) is 9.75. The minimum absolute atomic E-state index is 0.204. The number of hydrogen-bond acceptors (Lipinski definition) is 13. The molecule has 0 aromatic rings. The lowest BCUT2D eigenvalue weighted by atomic mass is 10.0. The van der Waals surface area contributed by atoms with Crippen LogP contribution < -0.4 is 0 Å². The van der Waals surface area contributed by atoms with Gasteiger partial charge in [0.25, 0.3) is 0 Å². The van der Waals surface area contributed by atoms with E-state index in [0.29, 0.717) is 12.8 Å². The molecule has 0 fully saturated rings. The van der Waals surface area contributed by atoms with Gasteiger partial charge in [0.15, 0.2) is 0 Å². The third-order valence-electron chi connectivity index (χ3n) is 12.6. The van der Waals surface area contributed by atoms with Gasteiger partial charge in [-0.1, -0.05) is 245 Å². The average molecular weight is 1050 g/mol. The van der Waals surface area contributed by atoms with Crippen LogP contribution in [-0.2, 0) is 46.3 Å². The van der Waals surface area contributed by atoms with Gasteiger partial charge in [-0.15, -0.1) is 0 Å². The summed E-state index contributed by atoms with van der Waals surface area (Å²) in [7, 11) is -9.57.